The summed E-state index contributed by atoms with van der Waals surface area (Å²) in [5.41, 5.74) is 4.15. The van der Waals surface area contributed by atoms with E-state index in [1.807, 2.05) is 17.7 Å². The van der Waals surface area contributed by atoms with Gasteiger partial charge in [-0.1, -0.05) is 48.0 Å². The van der Waals surface area contributed by atoms with Crippen molar-refractivity contribution in [3.05, 3.63) is 58.5 Å². The summed E-state index contributed by atoms with van der Waals surface area (Å²) in [4.78, 5) is 8.35. The van der Waals surface area contributed by atoms with Gasteiger partial charge in [0.1, 0.15) is 10.8 Å². The smallest absolute Gasteiger partial charge is 0.225 e. The van der Waals surface area contributed by atoms with E-state index in [-0.39, 0.29) is 5.28 Å². The van der Waals surface area contributed by atoms with Crippen molar-refractivity contribution in [2.75, 3.05) is 0 Å². The van der Waals surface area contributed by atoms with E-state index < -0.39 is 0 Å². The van der Waals surface area contributed by atoms with Crippen LogP contribution in [0.3, 0.4) is 0 Å². The third kappa shape index (κ3) is 2.19. The molecule has 0 aliphatic rings. The first-order chi connectivity index (χ1) is 11.1. The molecule has 0 saturated heterocycles. The van der Waals surface area contributed by atoms with Crippen LogP contribution in [0, 0.1) is 6.92 Å². The number of hydrogen-bond donors (Lipinski definition) is 0. The fourth-order valence-corrected chi connectivity index (χ4v) is 3.56. The highest BCUT2D eigenvalue weighted by Crippen LogP contribution is 2.35. The van der Waals surface area contributed by atoms with Crippen molar-refractivity contribution in [2.45, 2.75) is 6.92 Å². The molecule has 0 aliphatic heterocycles. The highest BCUT2D eigenvalue weighted by Gasteiger charge is 2.16. The van der Waals surface area contributed by atoms with Gasteiger partial charge in [-0.15, -0.1) is 0 Å². The van der Waals surface area contributed by atoms with Gasteiger partial charge in [0.2, 0.25) is 5.28 Å². The van der Waals surface area contributed by atoms with Crippen LogP contribution in [0.1, 0.15) is 5.56 Å². The maximum atomic E-state index is 6.24. The summed E-state index contributed by atoms with van der Waals surface area (Å²) in [5, 5.41) is 3.78. The molecular formula is C18H13Cl2N3. The quantitative estimate of drug-likeness (QED) is 0.342. The molecule has 0 fully saturated rings. The summed E-state index contributed by atoms with van der Waals surface area (Å²) in [7, 11) is 1.97. The Morgan fingerprint density at radius 1 is 1.00 bits per heavy atom. The van der Waals surface area contributed by atoms with Crippen LogP contribution in [-0.2, 0) is 7.05 Å². The zero-order valence-electron chi connectivity index (χ0n) is 12.6. The molecule has 0 aliphatic carbocycles. The van der Waals surface area contributed by atoms with Gasteiger partial charge in [0.05, 0.1) is 11.1 Å². The van der Waals surface area contributed by atoms with Gasteiger partial charge in [0, 0.05) is 12.6 Å². The lowest BCUT2D eigenvalue weighted by Crippen LogP contribution is -1.95. The fourth-order valence-electron chi connectivity index (χ4n) is 3.13. The van der Waals surface area contributed by atoms with Crippen LogP contribution in [0.4, 0.5) is 0 Å². The number of halogens is 2. The molecule has 2 aromatic carbocycles. The second-order valence-corrected chi connectivity index (χ2v) is 6.28. The molecule has 4 rings (SSSR count). The van der Waals surface area contributed by atoms with Crippen LogP contribution in [-0.4, -0.2) is 14.5 Å². The Balaban J connectivity index is 2.12. The van der Waals surface area contributed by atoms with Crippen LogP contribution in [0.5, 0.6) is 0 Å². The van der Waals surface area contributed by atoms with E-state index in [2.05, 4.69) is 53.3 Å². The third-order valence-electron chi connectivity index (χ3n) is 4.20. The topological polar surface area (TPSA) is 30.7 Å². The van der Waals surface area contributed by atoms with E-state index in [4.69, 9.17) is 23.2 Å². The Labute approximate surface area is 143 Å². The summed E-state index contributed by atoms with van der Waals surface area (Å²) in [6.45, 7) is 2.12. The summed E-state index contributed by atoms with van der Waals surface area (Å²) >= 11 is 12.2. The van der Waals surface area contributed by atoms with Crippen molar-refractivity contribution in [3.63, 3.8) is 0 Å². The van der Waals surface area contributed by atoms with Gasteiger partial charge in [-0.2, -0.15) is 4.98 Å². The van der Waals surface area contributed by atoms with Crippen molar-refractivity contribution in [2.24, 2.45) is 7.05 Å². The number of benzene rings is 2. The van der Waals surface area contributed by atoms with Gasteiger partial charge in [0.15, 0.2) is 0 Å². The molecule has 0 unspecified atom stereocenters. The molecule has 0 amide bonds. The fraction of sp³-hybridized carbons (Fsp3) is 0.111. The molecule has 0 radical (unpaired) electrons. The van der Waals surface area contributed by atoms with Gasteiger partial charge in [-0.05, 0) is 40.9 Å². The molecule has 0 bridgehead atoms. The van der Waals surface area contributed by atoms with Crippen molar-refractivity contribution < 1.29 is 0 Å². The van der Waals surface area contributed by atoms with E-state index in [1.165, 1.54) is 16.3 Å². The maximum Gasteiger partial charge on any atom is 0.225 e. The Hall–Kier alpha value is -2.10. The predicted molar refractivity (Wildman–Crippen MR) is 96.2 cm³/mol. The van der Waals surface area contributed by atoms with Crippen LogP contribution >= 0.6 is 23.2 Å². The molecule has 0 N–H and O–H groups in total. The SMILES string of the molecule is Cc1cccc2cccc(-c3cc4c(Cl)nc(Cl)nc4n3C)c12. The van der Waals surface area contributed by atoms with Crippen LogP contribution < -0.4 is 0 Å². The molecular weight excluding hydrogens is 329 g/mol. The third-order valence-corrected chi connectivity index (χ3v) is 4.66. The van der Waals surface area contributed by atoms with Crippen LogP contribution in [0.2, 0.25) is 10.4 Å². The Bertz CT molecular complexity index is 1060. The highest BCUT2D eigenvalue weighted by atomic mass is 35.5. The van der Waals surface area contributed by atoms with Crippen molar-refractivity contribution in [1.82, 2.24) is 14.5 Å². The van der Waals surface area contributed by atoms with Crippen molar-refractivity contribution in [1.29, 1.82) is 0 Å². The first kappa shape index (κ1) is 14.5. The minimum atomic E-state index is 0.157. The zero-order chi connectivity index (χ0) is 16.1. The van der Waals surface area contributed by atoms with E-state index in [1.54, 1.807) is 0 Å². The lowest BCUT2D eigenvalue weighted by Gasteiger charge is -2.10. The molecule has 114 valence electrons. The maximum absolute atomic E-state index is 6.24. The van der Waals surface area contributed by atoms with Gasteiger partial charge in [0.25, 0.3) is 0 Å². The summed E-state index contributed by atoms with van der Waals surface area (Å²) in [5.74, 6) is 0. The van der Waals surface area contributed by atoms with E-state index in [0.29, 0.717) is 5.15 Å². The summed E-state index contributed by atoms with van der Waals surface area (Å²) in [6, 6.07) is 14.6. The first-order valence-corrected chi connectivity index (χ1v) is 7.99. The number of nitrogens with zero attached hydrogens (tertiary/aromatic N) is 3. The Kier molecular flexibility index (Phi) is 3.29. The predicted octanol–water partition coefficient (Wildman–Crippen LogP) is 5.40. The molecule has 5 heteroatoms. The van der Waals surface area contributed by atoms with E-state index in [0.717, 1.165) is 22.3 Å². The molecule has 2 aromatic heterocycles. The minimum Gasteiger partial charge on any atom is -0.328 e. The highest BCUT2D eigenvalue weighted by molar-refractivity contribution is 6.35. The van der Waals surface area contributed by atoms with Gasteiger partial charge < -0.3 is 4.57 Å². The number of fused-ring (bicyclic) bond motifs is 2. The average Bonchev–Trinajstić information content (AvgIpc) is 2.85. The summed E-state index contributed by atoms with van der Waals surface area (Å²) in [6.07, 6.45) is 0. The Morgan fingerprint density at radius 3 is 2.52 bits per heavy atom. The lowest BCUT2D eigenvalue weighted by molar-refractivity contribution is 0.953. The monoisotopic (exact) mass is 341 g/mol. The molecule has 4 aromatic rings. The van der Waals surface area contributed by atoms with Crippen molar-refractivity contribution >= 4 is 45.0 Å². The Morgan fingerprint density at radius 2 is 1.74 bits per heavy atom. The second-order valence-electron chi connectivity index (χ2n) is 5.59. The number of rotatable bonds is 1. The van der Waals surface area contributed by atoms with Gasteiger partial charge in [-0.3, -0.25) is 0 Å². The molecule has 0 atom stereocenters. The molecule has 0 spiro atoms. The number of aromatic nitrogens is 3. The van der Waals surface area contributed by atoms with Gasteiger partial charge in [-0.25, -0.2) is 4.98 Å². The second kappa shape index (κ2) is 5.22. The normalized spacial score (nSPS) is 11.5. The van der Waals surface area contributed by atoms with Crippen LogP contribution in [0.15, 0.2) is 42.5 Å². The van der Waals surface area contributed by atoms with Crippen molar-refractivity contribution in [3.8, 4) is 11.3 Å². The molecule has 3 nitrogen and oxygen atoms in total. The lowest BCUT2D eigenvalue weighted by atomic mass is 9.98. The molecule has 0 saturated carbocycles. The number of hydrogen-bond acceptors (Lipinski definition) is 2. The molecule has 23 heavy (non-hydrogen) atoms. The van der Waals surface area contributed by atoms with Crippen LogP contribution in [0.25, 0.3) is 33.1 Å². The van der Waals surface area contributed by atoms with E-state index >= 15 is 0 Å². The largest absolute Gasteiger partial charge is 0.328 e. The van der Waals surface area contributed by atoms with E-state index in [9.17, 15) is 0 Å². The van der Waals surface area contributed by atoms with Gasteiger partial charge >= 0.3 is 0 Å². The molecule has 2 heterocycles. The number of aryl methyl sites for hydroxylation is 2. The summed E-state index contributed by atoms with van der Waals surface area (Å²) < 4.78 is 2.01. The first-order valence-electron chi connectivity index (χ1n) is 7.23. The average molecular weight is 342 g/mol. The zero-order valence-corrected chi connectivity index (χ0v) is 14.2. The minimum absolute atomic E-state index is 0.157. The standard InChI is InChI=1S/C18H13Cl2N3/c1-10-5-3-6-11-7-4-8-12(15(10)11)14-9-13-16(19)21-18(20)22-17(13)23(14)2/h3-9H,1-2H3.